The number of benzene rings is 2. The molecule has 0 radical (unpaired) electrons. The van der Waals surface area contributed by atoms with Crippen LogP contribution < -0.4 is 10.2 Å². The van der Waals surface area contributed by atoms with Crippen molar-refractivity contribution in [1.29, 1.82) is 5.26 Å². The molecular weight excluding hydrogens is 508 g/mol. The molecule has 2 aromatic carbocycles. The molecule has 202 valence electrons. The lowest BCUT2D eigenvalue weighted by Gasteiger charge is -2.36. The minimum absolute atomic E-state index is 0.0988. The van der Waals surface area contributed by atoms with E-state index in [2.05, 4.69) is 32.2 Å². The zero-order chi connectivity index (χ0) is 26.6. The maximum absolute atomic E-state index is 13.1. The Kier molecular flexibility index (Phi) is 7.88. The van der Waals surface area contributed by atoms with E-state index < -0.39 is 0 Å². The van der Waals surface area contributed by atoms with Crippen molar-refractivity contribution in [1.82, 2.24) is 14.8 Å². The van der Waals surface area contributed by atoms with Gasteiger partial charge in [0.1, 0.15) is 0 Å². The molecule has 3 heterocycles. The second-order valence-corrected chi connectivity index (χ2v) is 11.6. The van der Waals surface area contributed by atoms with E-state index >= 15 is 0 Å². The SMILES string of the molecule is N#Cc1ccc(N2CCN(Cc3cccc(C(=O)Nc4nc5c(s4)C[C@@H](N4CCOCC4)CC5)c3)CC2)cc1. The number of morpholine rings is 1. The van der Waals surface area contributed by atoms with Crippen LogP contribution in [0.4, 0.5) is 10.8 Å². The van der Waals surface area contributed by atoms with Crippen LogP contribution in [-0.2, 0) is 24.1 Å². The quantitative estimate of drug-likeness (QED) is 0.508. The Morgan fingerprint density at radius 3 is 2.64 bits per heavy atom. The van der Waals surface area contributed by atoms with Gasteiger partial charge in [-0.25, -0.2) is 4.98 Å². The molecule has 3 aliphatic rings. The molecule has 1 amide bonds. The highest BCUT2D eigenvalue weighted by Crippen LogP contribution is 2.32. The van der Waals surface area contributed by atoms with E-state index in [9.17, 15) is 4.79 Å². The number of aromatic nitrogens is 1. The van der Waals surface area contributed by atoms with E-state index in [0.717, 1.165) is 95.2 Å². The van der Waals surface area contributed by atoms with Crippen molar-refractivity contribution in [3.05, 3.63) is 75.8 Å². The Balaban J connectivity index is 1.03. The predicted octanol–water partition coefficient (Wildman–Crippen LogP) is 3.78. The molecule has 0 saturated carbocycles. The lowest BCUT2D eigenvalue weighted by atomic mass is 9.96. The lowest BCUT2D eigenvalue weighted by molar-refractivity contribution is 0.0139. The first kappa shape index (κ1) is 26.0. The summed E-state index contributed by atoms with van der Waals surface area (Å²) in [5.74, 6) is -0.0988. The van der Waals surface area contributed by atoms with Gasteiger partial charge in [-0.3, -0.25) is 19.9 Å². The van der Waals surface area contributed by atoms with E-state index in [1.54, 1.807) is 11.3 Å². The zero-order valence-corrected chi connectivity index (χ0v) is 23.0. The molecule has 0 unspecified atom stereocenters. The molecule has 39 heavy (non-hydrogen) atoms. The first-order chi connectivity index (χ1) is 19.1. The number of aryl methyl sites for hydroxylation is 1. The van der Waals surface area contributed by atoms with Crippen LogP contribution >= 0.6 is 11.3 Å². The van der Waals surface area contributed by atoms with E-state index in [1.165, 1.54) is 4.88 Å². The first-order valence-corrected chi connectivity index (χ1v) is 14.6. The van der Waals surface area contributed by atoms with Crippen molar-refractivity contribution in [2.45, 2.75) is 31.8 Å². The molecule has 2 fully saturated rings. The zero-order valence-electron chi connectivity index (χ0n) is 22.1. The molecule has 8 nitrogen and oxygen atoms in total. The number of hydrogen-bond donors (Lipinski definition) is 1. The molecule has 3 aromatic rings. The average molecular weight is 543 g/mol. The molecular formula is C30H34N6O2S. The largest absolute Gasteiger partial charge is 0.379 e. The summed E-state index contributed by atoms with van der Waals surface area (Å²) in [6.45, 7) is 8.25. The number of ether oxygens (including phenoxy) is 1. The van der Waals surface area contributed by atoms with Crippen molar-refractivity contribution >= 4 is 28.1 Å². The summed E-state index contributed by atoms with van der Waals surface area (Å²) in [7, 11) is 0. The van der Waals surface area contributed by atoms with E-state index in [0.29, 0.717) is 22.3 Å². The molecule has 1 aliphatic carbocycles. The third-order valence-corrected chi connectivity index (χ3v) is 9.06. The molecule has 1 N–H and O–H groups in total. The van der Waals surface area contributed by atoms with E-state index in [-0.39, 0.29) is 5.91 Å². The number of thiazole rings is 1. The summed E-state index contributed by atoms with van der Waals surface area (Å²) in [4.78, 5) is 26.5. The smallest absolute Gasteiger partial charge is 0.257 e. The summed E-state index contributed by atoms with van der Waals surface area (Å²) >= 11 is 1.63. The average Bonchev–Trinajstić information content (AvgIpc) is 3.40. The van der Waals surface area contributed by atoms with Gasteiger partial charge in [0, 0.05) is 68.0 Å². The Labute approximate surface area is 233 Å². The number of nitrogens with one attached hydrogen (secondary N) is 1. The van der Waals surface area contributed by atoms with Gasteiger partial charge in [0.2, 0.25) is 0 Å². The fourth-order valence-corrected chi connectivity index (χ4v) is 6.89. The Bertz CT molecular complexity index is 1340. The molecule has 6 rings (SSSR count). The molecule has 0 bridgehead atoms. The van der Waals surface area contributed by atoms with Crippen LogP contribution in [0.5, 0.6) is 0 Å². The van der Waals surface area contributed by atoms with Gasteiger partial charge in [-0.1, -0.05) is 12.1 Å². The summed E-state index contributed by atoms with van der Waals surface area (Å²) in [6.07, 6.45) is 3.10. The number of carbonyl (C=O) groups excluding carboxylic acids is 1. The highest BCUT2D eigenvalue weighted by molar-refractivity contribution is 7.15. The second-order valence-electron chi connectivity index (χ2n) is 10.5. The van der Waals surface area contributed by atoms with Crippen molar-refractivity contribution in [3.8, 4) is 6.07 Å². The monoisotopic (exact) mass is 542 g/mol. The molecule has 0 spiro atoms. The second kappa shape index (κ2) is 11.8. The number of amides is 1. The number of carbonyl (C=O) groups is 1. The van der Waals surface area contributed by atoms with Crippen LogP contribution in [0.25, 0.3) is 0 Å². The van der Waals surface area contributed by atoms with Crippen LogP contribution in [0.2, 0.25) is 0 Å². The number of fused-ring (bicyclic) bond motifs is 1. The van der Waals surface area contributed by atoms with Crippen LogP contribution in [0, 0.1) is 11.3 Å². The van der Waals surface area contributed by atoms with Crippen LogP contribution in [0.3, 0.4) is 0 Å². The number of nitrogens with zero attached hydrogens (tertiary/aromatic N) is 5. The van der Waals surface area contributed by atoms with E-state index in [4.69, 9.17) is 15.0 Å². The van der Waals surface area contributed by atoms with Gasteiger partial charge < -0.3 is 9.64 Å². The van der Waals surface area contributed by atoms with Crippen molar-refractivity contribution in [3.63, 3.8) is 0 Å². The first-order valence-electron chi connectivity index (χ1n) is 13.8. The Hall–Kier alpha value is -3.29. The summed E-state index contributed by atoms with van der Waals surface area (Å²) in [6, 6.07) is 18.5. The molecule has 1 atom stereocenters. The highest BCUT2D eigenvalue weighted by Gasteiger charge is 2.28. The van der Waals surface area contributed by atoms with Crippen molar-refractivity contribution in [2.75, 3.05) is 62.7 Å². The third kappa shape index (κ3) is 6.15. The number of nitriles is 1. The minimum atomic E-state index is -0.0988. The Morgan fingerprint density at radius 1 is 1.08 bits per heavy atom. The van der Waals surface area contributed by atoms with Gasteiger partial charge in [0.15, 0.2) is 5.13 Å². The van der Waals surface area contributed by atoms with Crippen LogP contribution in [-0.4, -0.2) is 79.2 Å². The standard InChI is InChI=1S/C30H34N6O2S/c31-20-22-4-6-25(7-5-22)35-12-10-34(11-13-35)21-23-2-1-3-24(18-23)29(37)33-30-32-27-9-8-26(19-28(27)39-30)36-14-16-38-17-15-36/h1-7,18,26H,8-17,19,21H2,(H,32,33,37)/t26-/m0/s1. The number of hydrogen-bond acceptors (Lipinski definition) is 8. The normalized spacial score (nSPS) is 20.3. The van der Waals surface area contributed by atoms with Gasteiger partial charge in [0.25, 0.3) is 5.91 Å². The fourth-order valence-electron chi connectivity index (χ4n) is 5.81. The van der Waals surface area contributed by atoms with Gasteiger partial charge in [-0.05, 0) is 61.2 Å². The highest BCUT2D eigenvalue weighted by atomic mass is 32.1. The molecule has 2 aliphatic heterocycles. The summed E-state index contributed by atoms with van der Waals surface area (Å²) in [5.41, 5.74) is 4.80. The number of anilines is 2. The van der Waals surface area contributed by atoms with Gasteiger partial charge in [-0.15, -0.1) is 11.3 Å². The van der Waals surface area contributed by atoms with E-state index in [1.807, 2.05) is 42.5 Å². The van der Waals surface area contributed by atoms with Gasteiger partial charge >= 0.3 is 0 Å². The Morgan fingerprint density at radius 2 is 1.87 bits per heavy atom. The van der Waals surface area contributed by atoms with Gasteiger partial charge in [0.05, 0.1) is 30.5 Å². The van der Waals surface area contributed by atoms with Crippen LogP contribution in [0.1, 0.15) is 38.5 Å². The summed E-state index contributed by atoms with van der Waals surface area (Å²) < 4.78 is 5.52. The maximum atomic E-state index is 13.1. The maximum Gasteiger partial charge on any atom is 0.257 e. The summed E-state index contributed by atoms with van der Waals surface area (Å²) in [5, 5.41) is 12.8. The number of rotatable bonds is 6. The lowest BCUT2D eigenvalue weighted by Crippen LogP contribution is -2.45. The number of piperazine rings is 1. The molecule has 1 aromatic heterocycles. The van der Waals surface area contributed by atoms with Crippen molar-refractivity contribution < 1.29 is 9.53 Å². The molecule has 2 saturated heterocycles. The molecule has 9 heteroatoms. The van der Waals surface area contributed by atoms with Crippen molar-refractivity contribution in [2.24, 2.45) is 0 Å². The van der Waals surface area contributed by atoms with Crippen LogP contribution in [0.15, 0.2) is 48.5 Å². The van der Waals surface area contributed by atoms with Gasteiger partial charge in [-0.2, -0.15) is 5.26 Å². The predicted molar refractivity (Wildman–Crippen MR) is 153 cm³/mol. The fraction of sp³-hybridized carbons (Fsp3) is 0.433. The third-order valence-electron chi connectivity index (χ3n) is 8.03. The topological polar surface area (TPSA) is 84.7 Å². The minimum Gasteiger partial charge on any atom is -0.379 e.